The second-order valence-corrected chi connectivity index (χ2v) is 6.51. The van der Waals surface area contributed by atoms with Gasteiger partial charge in [0.15, 0.2) is 0 Å². The van der Waals surface area contributed by atoms with Crippen LogP contribution in [0.25, 0.3) is 0 Å². The Balaban J connectivity index is 0.00000243. The predicted octanol–water partition coefficient (Wildman–Crippen LogP) is 3.02. The highest BCUT2D eigenvalue weighted by molar-refractivity contribution is 5.96. The molecule has 0 spiro atoms. The maximum atomic E-state index is 12.6. The maximum Gasteiger partial charge on any atom is 0.255 e. The van der Waals surface area contributed by atoms with Gasteiger partial charge in [-0.2, -0.15) is 0 Å². The van der Waals surface area contributed by atoms with Crippen molar-refractivity contribution < 1.29 is 14.1 Å². The van der Waals surface area contributed by atoms with Crippen LogP contribution in [0.1, 0.15) is 40.2 Å². The second kappa shape index (κ2) is 9.59. The van der Waals surface area contributed by atoms with E-state index in [2.05, 4.69) is 15.8 Å². The lowest BCUT2D eigenvalue weighted by Crippen LogP contribution is -2.38. The summed E-state index contributed by atoms with van der Waals surface area (Å²) in [6, 6.07) is 7.32. The molecule has 0 radical (unpaired) electrons. The van der Waals surface area contributed by atoms with Gasteiger partial charge in [0.2, 0.25) is 0 Å². The van der Waals surface area contributed by atoms with Gasteiger partial charge in [0.25, 0.3) is 5.91 Å². The van der Waals surface area contributed by atoms with Crippen LogP contribution in [0.15, 0.2) is 28.8 Å². The van der Waals surface area contributed by atoms with E-state index in [-0.39, 0.29) is 18.3 Å². The minimum atomic E-state index is -0.0973. The molecular formula is C19H26ClN3O3. The van der Waals surface area contributed by atoms with E-state index in [1.165, 1.54) is 0 Å². The molecule has 1 saturated heterocycles. The van der Waals surface area contributed by atoms with Crippen molar-refractivity contribution in [1.29, 1.82) is 0 Å². The number of nitrogens with zero attached hydrogens (tertiary/aromatic N) is 1. The molecule has 2 aromatic rings. The van der Waals surface area contributed by atoms with Crippen LogP contribution in [0.3, 0.4) is 0 Å². The van der Waals surface area contributed by atoms with Gasteiger partial charge < -0.3 is 19.9 Å². The van der Waals surface area contributed by atoms with Gasteiger partial charge in [-0.25, -0.2) is 0 Å². The summed E-state index contributed by atoms with van der Waals surface area (Å²) in [5, 5.41) is 10.3. The Morgan fingerprint density at radius 1 is 1.38 bits per heavy atom. The van der Waals surface area contributed by atoms with Crippen LogP contribution in [-0.2, 0) is 6.61 Å². The van der Waals surface area contributed by atoms with Crippen molar-refractivity contribution in [1.82, 2.24) is 15.8 Å². The zero-order valence-electron chi connectivity index (χ0n) is 15.2. The predicted molar refractivity (Wildman–Crippen MR) is 102 cm³/mol. The minimum absolute atomic E-state index is 0. The van der Waals surface area contributed by atoms with E-state index < -0.39 is 0 Å². The lowest BCUT2D eigenvalue weighted by atomic mass is 9.99. The Hall–Kier alpha value is -2.05. The molecule has 1 aromatic carbocycles. The summed E-state index contributed by atoms with van der Waals surface area (Å²) in [5.74, 6) is 1.71. The van der Waals surface area contributed by atoms with Gasteiger partial charge in [0.1, 0.15) is 18.1 Å². The highest BCUT2D eigenvalue weighted by atomic mass is 35.5. The van der Waals surface area contributed by atoms with Crippen molar-refractivity contribution in [3.63, 3.8) is 0 Å². The first-order chi connectivity index (χ1) is 12.1. The van der Waals surface area contributed by atoms with Crippen molar-refractivity contribution >= 4 is 18.3 Å². The number of amides is 1. The molecule has 2 heterocycles. The molecule has 1 atom stereocenters. The molecule has 0 aliphatic carbocycles. The SMILES string of the molecule is Cc1noc(C)c1COc1ccccc1C(=O)NCC1CCCNC1.Cl. The average molecular weight is 380 g/mol. The standard InChI is InChI=1S/C19H25N3O3.ClH/c1-13-17(14(2)25-22-13)12-24-18-8-4-3-7-16(18)19(23)21-11-15-6-5-9-20-10-15;/h3-4,7-8,15,20H,5-6,9-12H2,1-2H3,(H,21,23);1H. The molecule has 1 aliphatic rings. The van der Waals surface area contributed by atoms with Gasteiger partial charge in [0.05, 0.1) is 16.8 Å². The number of ether oxygens (including phenoxy) is 1. The summed E-state index contributed by atoms with van der Waals surface area (Å²) in [6.45, 7) is 6.79. The smallest absolute Gasteiger partial charge is 0.255 e. The molecule has 1 aromatic heterocycles. The van der Waals surface area contributed by atoms with Crippen LogP contribution in [-0.4, -0.2) is 30.7 Å². The van der Waals surface area contributed by atoms with Crippen molar-refractivity contribution in [2.24, 2.45) is 5.92 Å². The molecule has 1 amide bonds. The number of hydrogen-bond donors (Lipinski definition) is 2. The first kappa shape index (κ1) is 20.3. The Morgan fingerprint density at radius 3 is 2.88 bits per heavy atom. The van der Waals surface area contributed by atoms with E-state index in [9.17, 15) is 4.79 Å². The first-order valence-corrected chi connectivity index (χ1v) is 8.77. The number of halogens is 1. The van der Waals surface area contributed by atoms with E-state index in [0.29, 0.717) is 30.4 Å². The van der Waals surface area contributed by atoms with Crippen LogP contribution in [0.5, 0.6) is 5.75 Å². The van der Waals surface area contributed by atoms with Crippen LogP contribution < -0.4 is 15.4 Å². The van der Waals surface area contributed by atoms with E-state index in [1.54, 1.807) is 6.07 Å². The summed E-state index contributed by atoms with van der Waals surface area (Å²) < 4.78 is 11.0. The average Bonchev–Trinajstić information content (AvgIpc) is 2.97. The van der Waals surface area contributed by atoms with Crippen molar-refractivity contribution in [3.05, 3.63) is 46.8 Å². The zero-order chi connectivity index (χ0) is 17.6. The van der Waals surface area contributed by atoms with Crippen molar-refractivity contribution in [3.8, 4) is 5.75 Å². The number of piperidine rings is 1. The molecule has 2 N–H and O–H groups in total. The van der Waals surface area contributed by atoms with E-state index in [4.69, 9.17) is 9.26 Å². The summed E-state index contributed by atoms with van der Waals surface area (Å²) in [7, 11) is 0. The van der Waals surface area contributed by atoms with E-state index in [1.807, 2.05) is 32.0 Å². The van der Waals surface area contributed by atoms with Gasteiger partial charge in [-0.3, -0.25) is 4.79 Å². The molecule has 1 aliphatic heterocycles. The summed E-state index contributed by atoms with van der Waals surface area (Å²) >= 11 is 0. The fourth-order valence-corrected chi connectivity index (χ4v) is 3.07. The minimum Gasteiger partial charge on any atom is -0.488 e. The van der Waals surface area contributed by atoms with Crippen molar-refractivity contribution in [2.45, 2.75) is 33.3 Å². The fraction of sp³-hybridized carbons (Fsp3) is 0.474. The molecule has 1 unspecified atom stereocenters. The Kier molecular flexibility index (Phi) is 7.48. The molecule has 142 valence electrons. The highest BCUT2D eigenvalue weighted by Crippen LogP contribution is 2.21. The van der Waals surface area contributed by atoms with Gasteiger partial charge in [0, 0.05) is 6.54 Å². The largest absolute Gasteiger partial charge is 0.488 e. The maximum absolute atomic E-state index is 12.6. The molecule has 26 heavy (non-hydrogen) atoms. The summed E-state index contributed by atoms with van der Waals surface area (Å²) in [5.41, 5.74) is 2.28. The third-order valence-corrected chi connectivity index (χ3v) is 4.64. The van der Waals surface area contributed by atoms with Crippen LogP contribution in [0.4, 0.5) is 0 Å². The monoisotopic (exact) mass is 379 g/mol. The molecule has 7 heteroatoms. The normalized spacial score (nSPS) is 16.6. The van der Waals surface area contributed by atoms with Crippen LogP contribution in [0.2, 0.25) is 0 Å². The first-order valence-electron chi connectivity index (χ1n) is 8.77. The fourth-order valence-electron chi connectivity index (χ4n) is 3.07. The topological polar surface area (TPSA) is 76.4 Å². The van der Waals surface area contributed by atoms with Crippen LogP contribution in [0, 0.1) is 19.8 Å². The lowest BCUT2D eigenvalue weighted by Gasteiger charge is -2.23. The third kappa shape index (κ3) is 4.99. The molecule has 0 saturated carbocycles. The Morgan fingerprint density at radius 2 is 2.19 bits per heavy atom. The molecule has 6 nitrogen and oxygen atoms in total. The number of nitrogens with one attached hydrogen (secondary N) is 2. The number of aromatic nitrogens is 1. The molecular weight excluding hydrogens is 354 g/mol. The van der Waals surface area contributed by atoms with Gasteiger partial charge in [-0.05, 0) is 57.8 Å². The van der Waals surface area contributed by atoms with E-state index in [0.717, 1.165) is 42.9 Å². The number of carbonyl (C=O) groups excluding carboxylic acids is 1. The highest BCUT2D eigenvalue weighted by Gasteiger charge is 2.17. The molecule has 0 bridgehead atoms. The molecule has 3 rings (SSSR count). The van der Waals surface area contributed by atoms with E-state index >= 15 is 0 Å². The summed E-state index contributed by atoms with van der Waals surface area (Å²) in [4.78, 5) is 12.6. The van der Waals surface area contributed by atoms with Gasteiger partial charge >= 0.3 is 0 Å². The van der Waals surface area contributed by atoms with Crippen LogP contribution >= 0.6 is 12.4 Å². The summed E-state index contributed by atoms with van der Waals surface area (Å²) in [6.07, 6.45) is 2.31. The second-order valence-electron chi connectivity index (χ2n) is 6.51. The number of hydrogen-bond acceptors (Lipinski definition) is 5. The Bertz CT molecular complexity index is 707. The number of carbonyl (C=O) groups is 1. The third-order valence-electron chi connectivity index (χ3n) is 4.64. The van der Waals surface area contributed by atoms with Gasteiger partial charge in [-0.15, -0.1) is 12.4 Å². The molecule has 1 fully saturated rings. The quantitative estimate of drug-likeness (QED) is 0.806. The number of aryl methyl sites for hydroxylation is 2. The zero-order valence-corrected chi connectivity index (χ0v) is 16.0. The number of para-hydroxylation sites is 1. The lowest BCUT2D eigenvalue weighted by molar-refractivity contribution is 0.0940. The number of rotatable bonds is 6. The van der Waals surface area contributed by atoms with Gasteiger partial charge in [-0.1, -0.05) is 17.3 Å². The number of benzene rings is 1. The van der Waals surface area contributed by atoms with Crippen molar-refractivity contribution in [2.75, 3.05) is 19.6 Å². The Labute approximate surface area is 160 Å².